The first-order valence-electron chi connectivity index (χ1n) is 6.27. The molecule has 1 aromatic rings. The van der Waals surface area contributed by atoms with Gasteiger partial charge in [-0.25, -0.2) is 8.42 Å². The van der Waals surface area contributed by atoms with Crippen LogP contribution in [0.1, 0.15) is 25.7 Å². The number of sulfone groups is 1. The van der Waals surface area contributed by atoms with Crippen molar-refractivity contribution < 1.29 is 8.42 Å². The molecule has 0 spiro atoms. The van der Waals surface area contributed by atoms with Crippen LogP contribution in [0.2, 0.25) is 5.02 Å². The van der Waals surface area contributed by atoms with Gasteiger partial charge in [0.2, 0.25) is 0 Å². The molecule has 0 saturated heterocycles. The van der Waals surface area contributed by atoms with Crippen molar-refractivity contribution in [3.05, 3.63) is 23.2 Å². The number of hydrogen-bond donors (Lipinski definition) is 1. The first-order valence-corrected chi connectivity index (χ1v) is 8.20. The van der Waals surface area contributed by atoms with Crippen molar-refractivity contribution in [2.45, 2.75) is 35.8 Å². The van der Waals surface area contributed by atoms with Crippen LogP contribution in [-0.2, 0) is 9.84 Å². The van der Waals surface area contributed by atoms with Gasteiger partial charge in [-0.1, -0.05) is 18.0 Å². The third-order valence-electron chi connectivity index (χ3n) is 4.35. The molecule has 3 nitrogen and oxygen atoms in total. The van der Waals surface area contributed by atoms with E-state index >= 15 is 0 Å². The van der Waals surface area contributed by atoms with E-state index in [0.29, 0.717) is 16.9 Å². The second-order valence-corrected chi connectivity index (χ2v) is 8.01. The molecule has 0 aliphatic heterocycles. The number of hydrogen-bond acceptors (Lipinski definition) is 3. The number of nitrogen functional groups attached to an aromatic ring is 1. The molecular weight excluding hydrogens is 270 g/mol. The SMILES string of the molecule is Nc1cc(Cl)ccc1S(=O)(=O)C1CC2CCC1C2. The normalized spacial score (nSPS) is 30.8. The molecule has 2 N–H and O–H groups in total. The number of benzene rings is 1. The van der Waals surface area contributed by atoms with E-state index in [-0.39, 0.29) is 15.8 Å². The van der Waals surface area contributed by atoms with Crippen LogP contribution in [0.4, 0.5) is 5.69 Å². The third-order valence-corrected chi connectivity index (χ3v) is 6.94. The van der Waals surface area contributed by atoms with Gasteiger partial charge in [-0.15, -0.1) is 0 Å². The molecular formula is C13H16ClNO2S. The Kier molecular flexibility index (Phi) is 2.83. The van der Waals surface area contributed by atoms with Crippen molar-refractivity contribution in [3.8, 4) is 0 Å². The van der Waals surface area contributed by atoms with Crippen molar-refractivity contribution in [1.82, 2.24) is 0 Å². The van der Waals surface area contributed by atoms with Gasteiger partial charge in [0.25, 0.3) is 0 Å². The zero-order valence-corrected chi connectivity index (χ0v) is 11.5. The molecule has 0 radical (unpaired) electrons. The minimum atomic E-state index is -3.30. The average molecular weight is 286 g/mol. The number of anilines is 1. The van der Waals surface area contributed by atoms with Crippen LogP contribution in [0, 0.1) is 11.8 Å². The van der Waals surface area contributed by atoms with Crippen molar-refractivity contribution in [2.24, 2.45) is 11.8 Å². The Morgan fingerprint density at radius 1 is 1.22 bits per heavy atom. The van der Waals surface area contributed by atoms with Gasteiger partial charge in [-0.05, 0) is 49.3 Å². The summed E-state index contributed by atoms with van der Waals surface area (Å²) in [6.07, 6.45) is 4.10. The van der Waals surface area contributed by atoms with E-state index in [9.17, 15) is 8.42 Å². The molecule has 0 amide bonds. The van der Waals surface area contributed by atoms with Crippen LogP contribution >= 0.6 is 11.6 Å². The van der Waals surface area contributed by atoms with Crippen LogP contribution in [0.5, 0.6) is 0 Å². The summed E-state index contributed by atoms with van der Waals surface area (Å²) in [6, 6.07) is 4.65. The topological polar surface area (TPSA) is 60.2 Å². The van der Waals surface area contributed by atoms with E-state index in [0.717, 1.165) is 19.3 Å². The number of halogens is 1. The highest BCUT2D eigenvalue weighted by Crippen LogP contribution is 2.49. The molecule has 2 fully saturated rings. The predicted molar refractivity (Wildman–Crippen MR) is 72.3 cm³/mol. The van der Waals surface area contributed by atoms with E-state index in [1.807, 2.05) is 0 Å². The molecule has 2 aliphatic carbocycles. The summed E-state index contributed by atoms with van der Waals surface area (Å²) >= 11 is 5.81. The summed E-state index contributed by atoms with van der Waals surface area (Å²) in [6.45, 7) is 0. The van der Waals surface area contributed by atoms with Crippen molar-refractivity contribution in [1.29, 1.82) is 0 Å². The smallest absolute Gasteiger partial charge is 0.183 e. The van der Waals surface area contributed by atoms with E-state index in [1.165, 1.54) is 12.5 Å². The molecule has 2 saturated carbocycles. The largest absolute Gasteiger partial charge is 0.398 e. The lowest BCUT2D eigenvalue weighted by atomic mass is 10.0. The summed E-state index contributed by atoms with van der Waals surface area (Å²) < 4.78 is 25.3. The third kappa shape index (κ3) is 1.82. The summed E-state index contributed by atoms with van der Waals surface area (Å²) in [5, 5.41) is 0.235. The highest BCUT2D eigenvalue weighted by molar-refractivity contribution is 7.92. The molecule has 0 heterocycles. The average Bonchev–Trinajstić information content (AvgIpc) is 2.90. The van der Waals surface area contributed by atoms with Crippen LogP contribution in [-0.4, -0.2) is 13.7 Å². The van der Waals surface area contributed by atoms with E-state index in [1.54, 1.807) is 12.1 Å². The molecule has 3 atom stereocenters. The maximum absolute atomic E-state index is 12.6. The lowest BCUT2D eigenvalue weighted by Gasteiger charge is -2.22. The highest BCUT2D eigenvalue weighted by Gasteiger charge is 2.46. The van der Waals surface area contributed by atoms with Crippen LogP contribution < -0.4 is 5.73 Å². The molecule has 3 unspecified atom stereocenters. The second-order valence-electron chi connectivity index (χ2n) is 5.44. The lowest BCUT2D eigenvalue weighted by molar-refractivity contribution is 0.465. The Bertz CT molecular complexity index is 585. The Hall–Kier alpha value is -0.740. The number of rotatable bonds is 2. The maximum atomic E-state index is 12.6. The van der Waals surface area contributed by atoms with Gasteiger partial charge in [0, 0.05) is 5.02 Å². The number of nitrogens with two attached hydrogens (primary N) is 1. The van der Waals surface area contributed by atoms with Gasteiger partial charge in [0.15, 0.2) is 9.84 Å². The van der Waals surface area contributed by atoms with Gasteiger partial charge in [-0.3, -0.25) is 0 Å². The Balaban J connectivity index is 2.00. The Labute approximate surface area is 112 Å². The molecule has 3 rings (SSSR count). The van der Waals surface area contributed by atoms with Gasteiger partial charge >= 0.3 is 0 Å². The highest BCUT2D eigenvalue weighted by atomic mass is 35.5. The fraction of sp³-hybridized carbons (Fsp3) is 0.538. The molecule has 5 heteroatoms. The molecule has 18 heavy (non-hydrogen) atoms. The summed E-state index contributed by atoms with van der Waals surface area (Å²) in [7, 11) is -3.30. The molecule has 98 valence electrons. The molecule has 2 bridgehead atoms. The first-order chi connectivity index (χ1) is 8.48. The first kappa shape index (κ1) is 12.3. The predicted octanol–water partition coefficient (Wildman–Crippen LogP) is 2.88. The van der Waals surface area contributed by atoms with Gasteiger partial charge in [-0.2, -0.15) is 0 Å². The van der Waals surface area contributed by atoms with Crippen LogP contribution in [0.15, 0.2) is 23.1 Å². The molecule has 2 aliphatic rings. The zero-order chi connectivity index (χ0) is 12.9. The maximum Gasteiger partial charge on any atom is 0.183 e. The quantitative estimate of drug-likeness (QED) is 0.850. The van der Waals surface area contributed by atoms with Gasteiger partial charge < -0.3 is 5.73 Å². The monoisotopic (exact) mass is 285 g/mol. The molecule has 0 aromatic heterocycles. The van der Waals surface area contributed by atoms with Crippen molar-refractivity contribution in [3.63, 3.8) is 0 Å². The second kappa shape index (κ2) is 4.14. The van der Waals surface area contributed by atoms with Crippen molar-refractivity contribution in [2.75, 3.05) is 5.73 Å². The van der Waals surface area contributed by atoms with Crippen molar-refractivity contribution >= 4 is 27.1 Å². The van der Waals surface area contributed by atoms with Crippen LogP contribution in [0.25, 0.3) is 0 Å². The van der Waals surface area contributed by atoms with Gasteiger partial charge in [0.1, 0.15) is 0 Å². The Morgan fingerprint density at radius 2 is 2.00 bits per heavy atom. The minimum absolute atomic E-state index is 0.236. The van der Waals surface area contributed by atoms with E-state index < -0.39 is 9.84 Å². The fourth-order valence-corrected chi connectivity index (χ4v) is 5.94. The molecule has 1 aromatic carbocycles. The summed E-state index contributed by atoms with van der Waals surface area (Å²) in [5.74, 6) is 0.929. The number of fused-ring (bicyclic) bond motifs is 2. The Morgan fingerprint density at radius 3 is 2.56 bits per heavy atom. The summed E-state index contributed by atoms with van der Waals surface area (Å²) in [5.41, 5.74) is 6.08. The van der Waals surface area contributed by atoms with E-state index in [2.05, 4.69) is 0 Å². The zero-order valence-electron chi connectivity index (χ0n) is 9.97. The lowest BCUT2D eigenvalue weighted by Crippen LogP contribution is -2.27. The fourth-order valence-electron chi connectivity index (χ4n) is 3.51. The summed E-state index contributed by atoms with van der Waals surface area (Å²) in [4.78, 5) is 0.254. The van der Waals surface area contributed by atoms with Gasteiger partial charge in [0.05, 0.1) is 15.8 Å². The minimum Gasteiger partial charge on any atom is -0.398 e. The van der Waals surface area contributed by atoms with E-state index in [4.69, 9.17) is 17.3 Å². The van der Waals surface area contributed by atoms with Crippen LogP contribution in [0.3, 0.4) is 0 Å². The standard InChI is InChI=1S/C13H16ClNO2S/c14-10-3-4-12(11(15)7-10)18(16,17)13-6-8-1-2-9(13)5-8/h3-4,7-9,13H,1-2,5-6,15H2.